The number of carbonyl (C=O) groups is 1. The summed E-state index contributed by atoms with van der Waals surface area (Å²) in [5.74, 6) is -1.88. The highest BCUT2D eigenvalue weighted by Crippen LogP contribution is 2.44. The van der Waals surface area contributed by atoms with Crippen LogP contribution < -0.4 is 5.73 Å². The molecule has 3 nitrogen and oxygen atoms in total. The zero-order valence-electron chi connectivity index (χ0n) is 11.6. The number of carboxylic acid groups (broad SMARTS) is 1. The fraction of sp³-hybridized carbons (Fsp3) is 0.500. The molecule has 0 radical (unpaired) electrons. The molecule has 20 heavy (non-hydrogen) atoms. The molecule has 0 saturated heterocycles. The lowest BCUT2D eigenvalue weighted by molar-refractivity contribution is -0.149. The number of aliphatic carboxylic acids is 1. The Bertz CT molecular complexity index is 510. The predicted octanol–water partition coefficient (Wildman–Crippen LogP) is 3.89. The number of hydrogen-bond acceptors (Lipinski definition) is 2. The van der Waals surface area contributed by atoms with E-state index in [4.69, 9.17) is 5.73 Å². The maximum atomic E-state index is 13.1. The van der Waals surface area contributed by atoms with E-state index in [1.165, 1.54) is 26.0 Å². The van der Waals surface area contributed by atoms with Gasteiger partial charge in [-0.3, -0.25) is 4.79 Å². The number of anilines is 1. The Morgan fingerprint density at radius 3 is 2.30 bits per heavy atom. The Morgan fingerprint density at radius 2 is 1.90 bits per heavy atom. The normalized spacial score (nSPS) is 14.1. The lowest BCUT2D eigenvalue weighted by Gasteiger charge is -2.32. The van der Waals surface area contributed by atoms with Crippen molar-refractivity contribution < 1.29 is 23.1 Å². The van der Waals surface area contributed by atoms with Gasteiger partial charge in [-0.15, -0.1) is 0 Å². The molecule has 112 valence electrons. The second kappa shape index (κ2) is 5.34. The average molecular weight is 289 g/mol. The van der Waals surface area contributed by atoms with Crippen LogP contribution in [0.25, 0.3) is 0 Å². The Balaban J connectivity index is 3.48. The van der Waals surface area contributed by atoms with Crippen molar-refractivity contribution in [2.24, 2.45) is 5.41 Å². The molecule has 0 saturated carbocycles. The van der Waals surface area contributed by atoms with Crippen LogP contribution >= 0.6 is 0 Å². The first-order valence-electron chi connectivity index (χ1n) is 6.21. The first-order valence-corrected chi connectivity index (χ1v) is 6.21. The van der Waals surface area contributed by atoms with E-state index >= 15 is 0 Å². The number of nitrogens with two attached hydrogens (primary N) is 1. The van der Waals surface area contributed by atoms with Crippen molar-refractivity contribution in [3.8, 4) is 0 Å². The lowest BCUT2D eigenvalue weighted by Crippen LogP contribution is -2.32. The summed E-state index contributed by atoms with van der Waals surface area (Å²) >= 11 is 0. The molecule has 1 aromatic rings. The lowest BCUT2D eigenvalue weighted by atomic mass is 9.72. The van der Waals surface area contributed by atoms with E-state index in [2.05, 4.69) is 0 Å². The molecule has 6 heteroatoms. The number of halogens is 3. The van der Waals surface area contributed by atoms with Gasteiger partial charge in [-0.2, -0.15) is 13.2 Å². The van der Waals surface area contributed by atoms with E-state index in [0.29, 0.717) is 0 Å². The summed E-state index contributed by atoms with van der Waals surface area (Å²) in [7, 11) is 0. The molecule has 0 aliphatic heterocycles. The summed E-state index contributed by atoms with van der Waals surface area (Å²) in [6, 6.07) is 3.50. The molecule has 0 spiro atoms. The molecule has 0 fully saturated rings. The highest BCUT2D eigenvalue weighted by Gasteiger charge is 2.42. The third-order valence-electron chi connectivity index (χ3n) is 3.59. The fourth-order valence-electron chi connectivity index (χ4n) is 2.39. The molecule has 1 unspecified atom stereocenters. The highest BCUT2D eigenvalue weighted by atomic mass is 19.4. The van der Waals surface area contributed by atoms with Gasteiger partial charge in [0.2, 0.25) is 0 Å². The minimum Gasteiger partial charge on any atom is -0.481 e. The molecule has 1 aromatic carbocycles. The average Bonchev–Trinajstić information content (AvgIpc) is 2.30. The van der Waals surface area contributed by atoms with Crippen LogP contribution in [0.15, 0.2) is 18.2 Å². The largest absolute Gasteiger partial charge is 0.481 e. The molecule has 1 atom stereocenters. The van der Waals surface area contributed by atoms with Crippen molar-refractivity contribution in [1.82, 2.24) is 0 Å². The van der Waals surface area contributed by atoms with E-state index in [0.717, 1.165) is 6.07 Å². The topological polar surface area (TPSA) is 63.3 Å². The second-order valence-electron chi connectivity index (χ2n) is 5.33. The van der Waals surface area contributed by atoms with Crippen molar-refractivity contribution in [2.75, 3.05) is 5.73 Å². The fourth-order valence-corrected chi connectivity index (χ4v) is 2.39. The highest BCUT2D eigenvalue weighted by molar-refractivity contribution is 5.75. The number of carboxylic acids is 1. The first kappa shape index (κ1) is 16.3. The van der Waals surface area contributed by atoms with Crippen LogP contribution in [0.4, 0.5) is 18.9 Å². The van der Waals surface area contributed by atoms with E-state index in [9.17, 15) is 23.1 Å². The van der Waals surface area contributed by atoms with Crippen molar-refractivity contribution in [3.05, 3.63) is 29.3 Å². The van der Waals surface area contributed by atoms with Crippen LogP contribution in [0.1, 0.15) is 44.2 Å². The summed E-state index contributed by atoms with van der Waals surface area (Å²) in [6.45, 7) is 4.53. The second-order valence-corrected chi connectivity index (χ2v) is 5.33. The molecule has 3 N–H and O–H groups in total. The van der Waals surface area contributed by atoms with Gasteiger partial charge >= 0.3 is 12.1 Å². The molecule has 0 aliphatic rings. The van der Waals surface area contributed by atoms with Crippen LogP contribution in [0, 0.1) is 5.41 Å². The van der Waals surface area contributed by atoms with Crippen molar-refractivity contribution in [3.63, 3.8) is 0 Å². The molecular formula is C14H18F3NO2. The zero-order valence-corrected chi connectivity index (χ0v) is 11.6. The van der Waals surface area contributed by atoms with Crippen LogP contribution in [0.5, 0.6) is 0 Å². The molecule has 1 rings (SSSR count). The maximum absolute atomic E-state index is 13.1. The third-order valence-corrected chi connectivity index (χ3v) is 3.59. The van der Waals surface area contributed by atoms with Gasteiger partial charge in [0.25, 0.3) is 0 Å². The summed E-state index contributed by atoms with van der Waals surface area (Å²) < 4.78 is 39.3. The minimum atomic E-state index is -4.56. The van der Waals surface area contributed by atoms with Gasteiger partial charge in [-0.25, -0.2) is 0 Å². The standard InChI is InChI=1S/C14H18F3NO2/c1-4-10(13(2,3)12(19)20)9-6-5-8(18)7-11(9)14(15,16)17/h5-7,10H,4,18H2,1-3H3,(H,19,20). The Labute approximate surface area is 115 Å². The Kier molecular flexibility index (Phi) is 4.36. The number of rotatable bonds is 4. The van der Waals surface area contributed by atoms with Crippen LogP contribution in [0.3, 0.4) is 0 Å². The molecule has 0 amide bonds. The molecule has 0 bridgehead atoms. The van der Waals surface area contributed by atoms with Crippen LogP contribution in [0.2, 0.25) is 0 Å². The summed E-state index contributed by atoms with van der Waals surface area (Å²) in [5.41, 5.74) is 3.23. The van der Waals surface area contributed by atoms with Crippen molar-refractivity contribution in [1.29, 1.82) is 0 Å². The molecule has 0 heterocycles. The molecular weight excluding hydrogens is 271 g/mol. The first-order chi connectivity index (χ1) is 9.01. The minimum absolute atomic E-state index is 0.00376. The third kappa shape index (κ3) is 3.05. The van der Waals surface area contributed by atoms with Gasteiger partial charge in [0.1, 0.15) is 0 Å². The van der Waals surface area contributed by atoms with E-state index < -0.39 is 29.0 Å². The Hall–Kier alpha value is -1.72. The quantitative estimate of drug-likeness (QED) is 0.826. The smallest absolute Gasteiger partial charge is 0.416 e. The molecule has 0 aromatic heterocycles. The van der Waals surface area contributed by atoms with Crippen LogP contribution in [-0.4, -0.2) is 11.1 Å². The Morgan fingerprint density at radius 1 is 1.35 bits per heavy atom. The summed E-state index contributed by atoms with van der Waals surface area (Å²) in [6.07, 6.45) is -4.28. The van der Waals surface area contributed by atoms with Gasteiger partial charge in [0.05, 0.1) is 11.0 Å². The van der Waals surface area contributed by atoms with E-state index in [1.807, 2.05) is 0 Å². The van der Waals surface area contributed by atoms with Gasteiger partial charge in [-0.05, 0) is 43.9 Å². The van der Waals surface area contributed by atoms with Gasteiger partial charge in [0.15, 0.2) is 0 Å². The molecule has 0 aliphatic carbocycles. The van der Waals surface area contributed by atoms with E-state index in [1.54, 1.807) is 6.92 Å². The zero-order chi connectivity index (χ0) is 15.7. The van der Waals surface area contributed by atoms with E-state index in [-0.39, 0.29) is 17.7 Å². The summed E-state index contributed by atoms with van der Waals surface area (Å²) in [5, 5.41) is 9.25. The monoisotopic (exact) mass is 289 g/mol. The number of hydrogen-bond donors (Lipinski definition) is 2. The van der Waals surface area contributed by atoms with Gasteiger partial charge in [-0.1, -0.05) is 13.0 Å². The SMILES string of the molecule is CCC(c1ccc(N)cc1C(F)(F)F)C(C)(C)C(=O)O. The maximum Gasteiger partial charge on any atom is 0.416 e. The van der Waals surface area contributed by atoms with Crippen LogP contribution in [-0.2, 0) is 11.0 Å². The summed E-state index contributed by atoms with van der Waals surface area (Å²) in [4.78, 5) is 11.3. The van der Waals surface area contributed by atoms with Gasteiger partial charge < -0.3 is 10.8 Å². The number of alkyl halides is 3. The van der Waals surface area contributed by atoms with Crippen molar-refractivity contribution in [2.45, 2.75) is 39.3 Å². The number of benzene rings is 1. The number of nitrogen functional groups attached to an aromatic ring is 1. The van der Waals surface area contributed by atoms with Crippen molar-refractivity contribution >= 4 is 11.7 Å². The predicted molar refractivity (Wildman–Crippen MR) is 70.3 cm³/mol. The van der Waals surface area contributed by atoms with Gasteiger partial charge in [0, 0.05) is 5.69 Å².